The van der Waals surface area contributed by atoms with Crippen LogP contribution in [0.4, 0.5) is 0 Å². The molecule has 0 bridgehead atoms. The van der Waals surface area contributed by atoms with Crippen LogP contribution in [-0.2, 0) is 6.42 Å². The van der Waals surface area contributed by atoms with Gasteiger partial charge in [-0.25, -0.2) is 4.98 Å². The van der Waals surface area contributed by atoms with Crippen LogP contribution < -0.4 is 5.73 Å². The molecule has 2 heterocycles. The highest BCUT2D eigenvalue weighted by Crippen LogP contribution is 2.21. The summed E-state index contributed by atoms with van der Waals surface area (Å²) in [5.74, 6) is 0.751. The van der Waals surface area contributed by atoms with E-state index in [1.54, 1.807) is 0 Å². The minimum atomic E-state index is 0.0838. The van der Waals surface area contributed by atoms with Crippen LogP contribution in [0, 0.1) is 5.92 Å². The van der Waals surface area contributed by atoms with Crippen molar-refractivity contribution >= 4 is 17.2 Å². The van der Waals surface area contributed by atoms with E-state index in [4.69, 9.17) is 5.73 Å². The second-order valence-corrected chi connectivity index (χ2v) is 5.42. The molecular weight excluding hydrogens is 234 g/mol. The Bertz CT molecular complexity index is 391. The molecule has 1 aliphatic heterocycles. The summed E-state index contributed by atoms with van der Waals surface area (Å²) in [5, 5.41) is 2.81. The van der Waals surface area contributed by atoms with E-state index >= 15 is 0 Å². The van der Waals surface area contributed by atoms with E-state index in [-0.39, 0.29) is 5.91 Å². The van der Waals surface area contributed by atoms with E-state index in [2.05, 4.69) is 11.9 Å². The molecule has 94 valence electrons. The van der Waals surface area contributed by atoms with Gasteiger partial charge in [-0.2, -0.15) is 0 Å². The Morgan fingerprint density at radius 1 is 1.71 bits per heavy atom. The molecule has 1 saturated heterocycles. The lowest BCUT2D eigenvalue weighted by atomic mass is 10.1. The summed E-state index contributed by atoms with van der Waals surface area (Å²) >= 11 is 1.53. The van der Waals surface area contributed by atoms with Crippen molar-refractivity contribution in [3.63, 3.8) is 0 Å². The van der Waals surface area contributed by atoms with Crippen molar-refractivity contribution in [2.75, 3.05) is 19.6 Å². The monoisotopic (exact) mass is 253 g/mol. The first-order chi connectivity index (χ1) is 8.24. The number of rotatable bonds is 4. The van der Waals surface area contributed by atoms with Gasteiger partial charge >= 0.3 is 0 Å². The molecule has 5 heteroatoms. The standard InChI is InChI=1S/C12H19N3OS/c1-2-9-4-6-15(7-9)12(16)10-8-17-11(14-10)3-5-13/h8-9H,2-7,13H2,1H3. The number of carbonyl (C=O) groups is 1. The molecule has 4 nitrogen and oxygen atoms in total. The molecule has 2 rings (SSSR count). The summed E-state index contributed by atoms with van der Waals surface area (Å²) < 4.78 is 0. The average Bonchev–Trinajstić information content (AvgIpc) is 2.97. The lowest BCUT2D eigenvalue weighted by molar-refractivity contribution is 0.0781. The number of nitrogens with zero attached hydrogens (tertiary/aromatic N) is 2. The number of aromatic nitrogens is 1. The third-order valence-electron chi connectivity index (χ3n) is 3.28. The van der Waals surface area contributed by atoms with Crippen molar-refractivity contribution < 1.29 is 4.79 Å². The average molecular weight is 253 g/mol. The van der Waals surface area contributed by atoms with Crippen LogP contribution in [0.2, 0.25) is 0 Å². The van der Waals surface area contributed by atoms with Crippen LogP contribution in [0.3, 0.4) is 0 Å². The first-order valence-electron chi connectivity index (χ1n) is 6.18. The van der Waals surface area contributed by atoms with E-state index < -0.39 is 0 Å². The van der Waals surface area contributed by atoms with Gasteiger partial charge in [-0.1, -0.05) is 13.3 Å². The van der Waals surface area contributed by atoms with Gasteiger partial charge in [0.05, 0.1) is 5.01 Å². The lowest BCUT2D eigenvalue weighted by Gasteiger charge is -2.14. The van der Waals surface area contributed by atoms with Gasteiger partial charge in [-0.15, -0.1) is 11.3 Å². The smallest absolute Gasteiger partial charge is 0.273 e. The fourth-order valence-corrected chi connectivity index (χ4v) is 2.95. The van der Waals surface area contributed by atoms with E-state index in [1.807, 2.05) is 10.3 Å². The fraction of sp³-hybridized carbons (Fsp3) is 0.667. The van der Waals surface area contributed by atoms with Crippen LogP contribution in [0.25, 0.3) is 0 Å². The number of hydrogen-bond donors (Lipinski definition) is 1. The summed E-state index contributed by atoms with van der Waals surface area (Å²) in [5.41, 5.74) is 6.07. The fourth-order valence-electron chi connectivity index (χ4n) is 2.16. The van der Waals surface area contributed by atoms with Gasteiger partial charge in [0, 0.05) is 24.9 Å². The number of amides is 1. The second kappa shape index (κ2) is 5.60. The Balaban J connectivity index is 1.99. The summed E-state index contributed by atoms with van der Waals surface area (Å²) in [6, 6.07) is 0. The van der Waals surface area contributed by atoms with Crippen LogP contribution in [0.5, 0.6) is 0 Å². The highest BCUT2D eigenvalue weighted by molar-refractivity contribution is 7.09. The minimum Gasteiger partial charge on any atom is -0.337 e. The molecule has 1 aromatic rings. The molecule has 17 heavy (non-hydrogen) atoms. The Morgan fingerprint density at radius 3 is 3.18 bits per heavy atom. The van der Waals surface area contributed by atoms with E-state index in [0.29, 0.717) is 18.2 Å². The van der Waals surface area contributed by atoms with E-state index in [0.717, 1.165) is 37.4 Å². The second-order valence-electron chi connectivity index (χ2n) is 4.48. The van der Waals surface area contributed by atoms with Crippen molar-refractivity contribution in [3.8, 4) is 0 Å². The minimum absolute atomic E-state index is 0.0838. The Morgan fingerprint density at radius 2 is 2.53 bits per heavy atom. The molecule has 1 amide bonds. The van der Waals surface area contributed by atoms with Crippen molar-refractivity contribution in [3.05, 3.63) is 16.1 Å². The zero-order chi connectivity index (χ0) is 12.3. The highest BCUT2D eigenvalue weighted by Gasteiger charge is 2.26. The largest absolute Gasteiger partial charge is 0.337 e. The van der Waals surface area contributed by atoms with Crippen molar-refractivity contribution in [1.82, 2.24) is 9.88 Å². The molecule has 1 aromatic heterocycles. The predicted octanol–water partition coefficient (Wildman–Crippen LogP) is 1.52. The number of thiazole rings is 1. The van der Waals surface area contributed by atoms with E-state index in [1.165, 1.54) is 11.3 Å². The number of nitrogens with two attached hydrogens (primary N) is 1. The summed E-state index contributed by atoms with van der Waals surface area (Å²) in [6.45, 7) is 4.53. The first-order valence-corrected chi connectivity index (χ1v) is 7.06. The molecule has 0 spiro atoms. The number of hydrogen-bond acceptors (Lipinski definition) is 4. The third-order valence-corrected chi connectivity index (χ3v) is 4.19. The van der Waals surface area contributed by atoms with Gasteiger partial charge in [0.2, 0.25) is 0 Å². The SMILES string of the molecule is CCC1CCN(C(=O)c2csc(CCN)n2)C1. The lowest BCUT2D eigenvalue weighted by Crippen LogP contribution is -2.28. The van der Waals surface area contributed by atoms with Crippen molar-refractivity contribution in [2.45, 2.75) is 26.2 Å². The molecule has 1 aliphatic rings. The topological polar surface area (TPSA) is 59.2 Å². The Hall–Kier alpha value is -0.940. The molecule has 0 aliphatic carbocycles. The summed E-state index contributed by atoms with van der Waals surface area (Å²) in [7, 11) is 0. The van der Waals surface area contributed by atoms with Gasteiger partial charge in [0.25, 0.3) is 5.91 Å². The molecular formula is C12H19N3OS. The maximum Gasteiger partial charge on any atom is 0.273 e. The zero-order valence-electron chi connectivity index (χ0n) is 10.2. The van der Waals surface area contributed by atoms with Gasteiger partial charge in [-0.05, 0) is 18.9 Å². The maximum atomic E-state index is 12.2. The van der Waals surface area contributed by atoms with Crippen LogP contribution in [0.1, 0.15) is 35.3 Å². The van der Waals surface area contributed by atoms with Gasteiger partial charge in [0.1, 0.15) is 5.69 Å². The number of carbonyl (C=O) groups excluding carboxylic acids is 1. The Labute approximate surface area is 106 Å². The molecule has 0 saturated carbocycles. The van der Waals surface area contributed by atoms with Gasteiger partial charge < -0.3 is 10.6 Å². The van der Waals surface area contributed by atoms with Crippen LogP contribution >= 0.6 is 11.3 Å². The summed E-state index contributed by atoms with van der Waals surface area (Å²) in [4.78, 5) is 18.4. The molecule has 0 radical (unpaired) electrons. The van der Waals surface area contributed by atoms with Gasteiger partial charge in [-0.3, -0.25) is 4.79 Å². The molecule has 1 fully saturated rings. The van der Waals surface area contributed by atoms with E-state index in [9.17, 15) is 4.79 Å². The molecule has 1 unspecified atom stereocenters. The van der Waals surface area contributed by atoms with Crippen LogP contribution in [-0.4, -0.2) is 35.4 Å². The zero-order valence-corrected chi connectivity index (χ0v) is 11.0. The molecule has 2 N–H and O–H groups in total. The predicted molar refractivity (Wildman–Crippen MR) is 69.2 cm³/mol. The van der Waals surface area contributed by atoms with Gasteiger partial charge in [0.15, 0.2) is 0 Å². The quantitative estimate of drug-likeness (QED) is 0.885. The summed E-state index contributed by atoms with van der Waals surface area (Å²) in [6.07, 6.45) is 3.04. The normalized spacial score (nSPS) is 19.9. The van der Waals surface area contributed by atoms with Crippen LogP contribution in [0.15, 0.2) is 5.38 Å². The highest BCUT2D eigenvalue weighted by atomic mass is 32.1. The maximum absolute atomic E-state index is 12.2. The third kappa shape index (κ3) is 2.84. The molecule has 1 atom stereocenters. The number of likely N-dealkylation sites (tertiary alicyclic amines) is 1. The first kappa shape index (κ1) is 12.5. The molecule has 0 aromatic carbocycles. The Kier molecular flexibility index (Phi) is 4.12. The van der Waals surface area contributed by atoms with Crippen molar-refractivity contribution in [1.29, 1.82) is 0 Å². The van der Waals surface area contributed by atoms with Crippen molar-refractivity contribution in [2.24, 2.45) is 11.7 Å².